The van der Waals surface area contributed by atoms with Crippen molar-refractivity contribution in [3.63, 3.8) is 0 Å². The van der Waals surface area contributed by atoms with Crippen LogP contribution >= 0.6 is 0 Å². The number of ether oxygens (including phenoxy) is 3. The molecule has 0 spiro atoms. The van der Waals surface area contributed by atoms with Gasteiger partial charge in [-0.2, -0.15) is 13.2 Å². The van der Waals surface area contributed by atoms with Crippen LogP contribution in [0.2, 0.25) is 0 Å². The number of aliphatic carboxylic acids is 1. The van der Waals surface area contributed by atoms with E-state index in [1.807, 2.05) is 35.4 Å². The Labute approximate surface area is 254 Å². The van der Waals surface area contributed by atoms with Crippen molar-refractivity contribution in [1.29, 1.82) is 0 Å². The van der Waals surface area contributed by atoms with Gasteiger partial charge < -0.3 is 29.5 Å². The van der Waals surface area contributed by atoms with Crippen molar-refractivity contribution in [3.8, 4) is 0 Å². The van der Waals surface area contributed by atoms with Gasteiger partial charge in [-0.25, -0.2) is 4.79 Å². The summed E-state index contributed by atoms with van der Waals surface area (Å²) in [6.07, 6.45) is 0.614. The molecule has 236 valence electrons. The number of fused-ring (bicyclic) bond motifs is 1. The molecule has 2 N–H and O–H groups in total. The zero-order valence-corrected chi connectivity index (χ0v) is 24.2. The second kappa shape index (κ2) is 16.3. The number of hydrogen-bond acceptors (Lipinski definition) is 6. The zero-order chi connectivity index (χ0) is 31.4. The fourth-order valence-corrected chi connectivity index (χ4v) is 5.02. The fraction of sp³-hybridized carbons (Fsp3) is 0.394. The van der Waals surface area contributed by atoms with Crippen molar-refractivity contribution in [2.75, 3.05) is 26.3 Å². The van der Waals surface area contributed by atoms with Crippen LogP contribution in [0.25, 0.3) is 10.8 Å². The second-order valence-electron chi connectivity index (χ2n) is 10.5. The number of piperidine rings is 1. The van der Waals surface area contributed by atoms with Crippen LogP contribution in [0.1, 0.15) is 30.4 Å². The topological polar surface area (TPSA) is 97.3 Å². The SMILES string of the molecule is O=C(O)C(F)(F)F.O=C1CC(OCCCOCc2ccccc2)C=CN1C1CCNCC1OCc1ccc2ccccc2c1. The normalized spacial score (nSPS) is 20.3. The Balaban J connectivity index is 0.000000566. The summed E-state index contributed by atoms with van der Waals surface area (Å²) in [5.74, 6) is -2.66. The molecule has 11 heteroatoms. The second-order valence-corrected chi connectivity index (χ2v) is 10.5. The summed E-state index contributed by atoms with van der Waals surface area (Å²) in [6, 6.07) is 25.0. The summed E-state index contributed by atoms with van der Waals surface area (Å²) in [7, 11) is 0. The zero-order valence-electron chi connectivity index (χ0n) is 24.2. The molecule has 2 aliphatic rings. The molecule has 0 saturated carbocycles. The number of carboxylic acid groups (broad SMARTS) is 1. The van der Waals surface area contributed by atoms with Gasteiger partial charge in [-0.05, 0) is 53.4 Å². The molecular weight excluding hydrogens is 577 g/mol. The van der Waals surface area contributed by atoms with E-state index in [0.29, 0.717) is 32.8 Å². The van der Waals surface area contributed by atoms with Gasteiger partial charge in [-0.3, -0.25) is 4.79 Å². The van der Waals surface area contributed by atoms with Crippen LogP contribution in [0, 0.1) is 0 Å². The summed E-state index contributed by atoms with van der Waals surface area (Å²) in [4.78, 5) is 23.8. The highest BCUT2D eigenvalue weighted by Gasteiger charge is 2.38. The van der Waals surface area contributed by atoms with Crippen LogP contribution in [0.3, 0.4) is 0 Å². The number of carboxylic acids is 1. The van der Waals surface area contributed by atoms with E-state index in [0.717, 1.165) is 31.5 Å². The van der Waals surface area contributed by atoms with Crippen LogP contribution in [-0.4, -0.2) is 72.6 Å². The van der Waals surface area contributed by atoms with Crippen molar-refractivity contribution in [1.82, 2.24) is 10.2 Å². The van der Waals surface area contributed by atoms with Gasteiger partial charge in [0.1, 0.15) is 0 Å². The molecule has 0 radical (unpaired) electrons. The van der Waals surface area contributed by atoms with E-state index in [4.69, 9.17) is 24.1 Å². The van der Waals surface area contributed by atoms with E-state index in [9.17, 15) is 18.0 Å². The molecule has 0 bridgehead atoms. The number of hydrogen-bond donors (Lipinski definition) is 2. The summed E-state index contributed by atoms with van der Waals surface area (Å²) < 4.78 is 49.8. The molecule has 3 aromatic rings. The third kappa shape index (κ3) is 10.2. The molecule has 8 nitrogen and oxygen atoms in total. The first kappa shape index (κ1) is 33.1. The van der Waals surface area contributed by atoms with Crippen LogP contribution < -0.4 is 5.32 Å². The van der Waals surface area contributed by atoms with E-state index < -0.39 is 12.1 Å². The first-order valence-electron chi connectivity index (χ1n) is 14.5. The number of amides is 1. The monoisotopic (exact) mass is 614 g/mol. The molecular formula is C33H37F3N2O6. The van der Waals surface area contributed by atoms with Gasteiger partial charge in [-0.1, -0.05) is 66.7 Å². The Morgan fingerprint density at radius 2 is 1.66 bits per heavy atom. The molecule has 1 fully saturated rings. The predicted molar refractivity (Wildman–Crippen MR) is 159 cm³/mol. The number of benzene rings is 3. The number of halogens is 3. The largest absolute Gasteiger partial charge is 0.490 e. The lowest BCUT2D eigenvalue weighted by atomic mass is 9.99. The highest BCUT2D eigenvalue weighted by molar-refractivity contribution is 5.83. The molecule has 0 aromatic heterocycles. The maximum atomic E-state index is 13.1. The minimum absolute atomic E-state index is 0.0257. The van der Waals surface area contributed by atoms with Crippen LogP contribution in [0.4, 0.5) is 13.2 Å². The quantitative estimate of drug-likeness (QED) is 0.277. The summed E-state index contributed by atoms with van der Waals surface area (Å²) in [5.41, 5.74) is 2.31. The fourth-order valence-electron chi connectivity index (χ4n) is 5.02. The average molecular weight is 615 g/mol. The number of nitrogens with zero attached hydrogens (tertiary/aromatic N) is 1. The molecule has 1 saturated heterocycles. The van der Waals surface area contributed by atoms with Crippen LogP contribution in [-0.2, 0) is 37.0 Å². The molecule has 5 rings (SSSR count). The minimum atomic E-state index is -5.08. The Kier molecular flexibility index (Phi) is 12.3. The number of alkyl halides is 3. The highest BCUT2D eigenvalue weighted by Crippen LogP contribution is 2.24. The summed E-state index contributed by atoms with van der Waals surface area (Å²) in [6.45, 7) is 3.95. The third-order valence-electron chi connectivity index (χ3n) is 7.27. The maximum absolute atomic E-state index is 13.1. The first-order chi connectivity index (χ1) is 21.2. The van der Waals surface area contributed by atoms with Crippen LogP contribution in [0.15, 0.2) is 85.1 Å². The molecule has 2 aliphatic heterocycles. The van der Waals surface area contributed by atoms with Gasteiger partial charge >= 0.3 is 12.1 Å². The van der Waals surface area contributed by atoms with E-state index >= 15 is 0 Å². The molecule has 2 heterocycles. The van der Waals surface area contributed by atoms with Crippen molar-refractivity contribution < 1.29 is 42.1 Å². The third-order valence-corrected chi connectivity index (χ3v) is 7.27. The lowest BCUT2D eigenvalue weighted by molar-refractivity contribution is -0.192. The van der Waals surface area contributed by atoms with Crippen molar-refractivity contribution >= 4 is 22.6 Å². The summed E-state index contributed by atoms with van der Waals surface area (Å²) in [5, 5.41) is 13.0. The van der Waals surface area contributed by atoms with E-state index in [2.05, 4.69) is 59.9 Å². The van der Waals surface area contributed by atoms with Crippen molar-refractivity contribution in [3.05, 3.63) is 96.2 Å². The summed E-state index contributed by atoms with van der Waals surface area (Å²) >= 11 is 0. The minimum Gasteiger partial charge on any atom is -0.475 e. The van der Waals surface area contributed by atoms with E-state index in [-0.39, 0.29) is 24.2 Å². The Hall–Kier alpha value is -3.77. The predicted octanol–water partition coefficient (Wildman–Crippen LogP) is 5.46. The van der Waals surface area contributed by atoms with Gasteiger partial charge in [-0.15, -0.1) is 0 Å². The van der Waals surface area contributed by atoms with Gasteiger partial charge in [0.25, 0.3) is 0 Å². The van der Waals surface area contributed by atoms with Gasteiger partial charge in [0, 0.05) is 26.0 Å². The standard InChI is InChI=1S/C31H36N2O4.C2HF3O2/c34-31-20-28(36-18-6-17-35-22-24-7-2-1-3-8-24)14-16-33(31)29-13-15-32-21-30(29)37-23-25-11-12-26-9-4-5-10-27(26)19-25;3-2(4,5)1(6)7/h1-5,7-12,14,16,19,28-30,32H,6,13,15,17-18,20-23H2;(H,6,7). The Morgan fingerprint density at radius 3 is 2.39 bits per heavy atom. The van der Waals surface area contributed by atoms with E-state index in [1.54, 1.807) is 0 Å². The highest BCUT2D eigenvalue weighted by atomic mass is 19.4. The van der Waals surface area contributed by atoms with Crippen molar-refractivity contribution in [2.45, 2.75) is 56.9 Å². The molecule has 1 amide bonds. The number of carbonyl (C=O) groups excluding carboxylic acids is 1. The lowest BCUT2D eigenvalue weighted by Crippen LogP contribution is -2.55. The van der Waals surface area contributed by atoms with Gasteiger partial charge in [0.2, 0.25) is 5.91 Å². The van der Waals surface area contributed by atoms with Crippen molar-refractivity contribution in [2.24, 2.45) is 0 Å². The number of rotatable bonds is 11. The molecule has 3 unspecified atom stereocenters. The number of nitrogens with one attached hydrogen (secondary N) is 1. The van der Waals surface area contributed by atoms with Crippen LogP contribution in [0.5, 0.6) is 0 Å². The molecule has 44 heavy (non-hydrogen) atoms. The Morgan fingerprint density at radius 1 is 0.932 bits per heavy atom. The molecule has 3 atom stereocenters. The average Bonchev–Trinajstić information content (AvgIpc) is 3.02. The smallest absolute Gasteiger partial charge is 0.475 e. The molecule has 0 aliphatic carbocycles. The van der Waals surface area contributed by atoms with Gasteiger partial charge in [0.15, 0.2) is 0 Å². The maximum Gasteiger partial charge on any atom is 0.490 e. The first-order valence-corrected chi connectivity index (χ1v) is 14.5. The number of carbonyl (C=O) groups is 2. The van der Waals surface area contributed by atoms with E-state index in [1.165, 1.54) is 16.3 Å². The molecule has 3 aromatic carbocycles. The Bertz CT molecular complexity index is 1380. The van der Waals surface area contributed by atoms with Gasteiger partial charge in [0.05, 0.1) is 37.9 Å². The lowest BCUT2D eigenvalue weighted by Gasteiger charge is -2.40.